The van der Waals surface area contributed by atoms with Gasteiger partial charge in [0.2, 0.25) is 0 Å². The van der Waals surface area contributed by atoms with Crippen LogP contribution in [0.4, 0.5) is 18.9 Å². The number of hydrogen-bond donors (Lipinski definition) is 1. The van der Waals surface area contributed by atoms with Gasteiger partial charge in [0.25, 0.3) is 17.4 Å². The number of rotatable bonds is 5. The molecule has 3 saturated heterocycles. The summed E-state index contributed by atoms with van der Waals surface area (Å²) in [5, 5.41) is 11.2. The van der Waals surface area contributed by atoms with Crippen LogP contribution in [0.5, 0.6) is 0 Å². The molecule has 0 bridgehead atoms. The molecule has 3 heterocycles. The van der Waals surface area contributed by atoms with E-state index in [0.717, 1.165) is 63.3 Å². The predicted molar refractivity (Wildman–Crippen MR) is 159 cm³/mol. The molecule has 6 nitrogen and oxygen atoms in total. The summed E-state index contributed by atoms with van der Waals surface area (Å²) in [6.45, 7) is 3.65. The number of nitrogens with zero attached hydrogens (tertiary/aromatic N) is 3. The number of alkyl halides is 3. The summed E-state index contributed by atoms with van der Waals surface area (Å²) in [7, 11) is 0. The molecule has 43 heavy (non-hydrogen) atoms. The van der Waals surface area contributed by atoms with Crippen molar-refractivity contribution in [2.45, 2.75) is 63.1 Å². The molecule has 2 amide bonds. The Labute approximate surface area is 255 Å². The third-order valence-electron chi connectivity index (χ3n) is 10.4. The second-order valence-electron chi connectivity index (χ2n) is 13.0. The van der Waals surface area contributed by atoms with Crippen molar-refractivity contribution in [1.29, 1.82) is 0 Å². The Morgan fingerprint density at radius 2 is 1.47 bits per heavy atom. The molecule has 1 aliphatic carbocycles. The van der Waals surface area contributed by atoms with Crippen LogP contribution in [0.3, 0.4) is 0 Å². The van der Waals surface area contributed by atoms with Crippen LogP contribution in [0.25, 0.3) is 0 Å². The molecule has 4 aliphatic rings. The maximum Gasteiger partial charge on any atom is 0.430 e. The van der Waals surface area contributed by atoms with Gasteiger partial charge in [0.05, 0.1) is 10.6 Å². The third kappa shape index (κ3) is 5.87. The monoisotopic (exact) mass is 617 g/mol. The number of carbonyl (C=O) groups is 2. The first-order valence-electron chi connectivity index (χ1n) is 15.5. The molecule has 3 aliphatic heterocycles. The van der Waals surface area contributed by atoms with Crippen LogP contribution in [0.1, 0.15) is 67.3 Å². The number of amides is 2. The van der Waals surface area contributed by atoms with E-state index in [1.54, 1.807) is 6.07 Å². The average Bonchev–Trinajstić information content (AvgIpc) is 3.77. The van der Waals surface area contributed by atoms with Gasteiger partial charge in [-0.3, -0.25) is 9.59 Å². The van der Waals surface area contributed by atoms with E-state index < -0.39 is 23.2 Å². The molecule has 232 valence electrons. The van der Waals surface area contributed by atoms with Crippen LogP contribution in [0.2, 0.25) is 5.02 Å². The zero-order valence-corrected chi connectivity index (χ0v) is 25.0. The lowest BCUT2D eigenvalue weighted by molar-refractivity contribution is -0.262. The minimum absolute atomic E-state index is 0.0171. The number of likely N-dealkylation sites (tertiary alicyclic amines) is 2. The zero-order valence-electron chi connectivity index (χ0n) is 24.3. The normalized spacial score (nSPS) is 22.9. The van der Waals surface area contributed by atoms with E-state index in [0.29, 0.717) is 40.7 Å². The van der Waals surface area contributed by atoms with Gasteiger partial charge >= 0.3 is 6.18 Å². The van der Waals surface area contributed by atoms with Crippen LogP contribution >= 0.6 is 11.6 Å². The first-order valence-corrected chi connectivity index (χ1v) is 15.9. The largest absolute Gasteiger partial charge is 0.430 e. The van der Waals surface area contributed by atoms with Crippen molar-refractivity contribution in [3.05, 3.63) is 64.7 Å². The van der Waals surface area contributed by atoms with Gasteiger partial charge in [0.15, 0.2) is 0 Å². The van der Waals surface area contributed by atoms with Crippen LogP contribution in [-0.4, -0.2) is 72.2 Å². The molecule has 2 aromatic rings. The van der Waals surface area contributed by atoms with Crippen molar-refractivity contribution in [2.24, 2.45) is 17.3 Å². The van der Waals surface area contributed by atoms with E-state index in [-0.39, 0.29) is 19.0 Å². The third-order valence-corrected chi connectivity index (χ3v) is 10.7. The number of benzene rings is 2. The Bertz CT molecular complexity index is 1340. The van der Waals surface area contributed by atoms with E-state index in [1.807, 2.05) is 23.1 Å². The van der Waals surface area contributed by atoms with Gasteiger partial charge in [-0.1, -0.05) is 41.9 Å². The number of piperidine rings is 3. The Hall–Kier alpha value is -2.78. The highest BCUT2D eigenvalue weighted by molar-refractivity contribution is 6.34. The van der Waals surface area contributed by atoms with Gasteiger partial charge in [-0.15, -0.1) is 0 Å². The van der Waals surface area contributed by atoms with Crippen molar-refractivity contribution in [1.82, 2.24) is 9.80 Å². The molecular weight excluding hydrogens is 579 g/mol. The molecule has 1 spiro atoms. The lowest BCUT2D eigenvalue weighted by atomic mass is 9.78. The van der Waals surface area contributed by atoms with Crippen molar-refractivity contribution < 1.29 is 27.9 Å². The number of hydrogen-bond acceptors (Lipinski definition) is 4. The minimum atomic E-state index is -5.13. The molecule has 10 heteroatoms. The van der Waals surface area contributed by atoms with Gasteiger partial charge in [-0.2, -0.15) is 13.2 Å². The highest BCUT2D eigenvalue weighted by Crippen LogP contribution is 2.52. The van der Waals surface area contributed by atoms with E-state index in [4.69, 9.17) is 11.6 Å². The standard InChI is InChI=1S/C33H39ClF3N3O3/c34-28-21-26(7-8-27(28)29(41)40-16-4-13-31(22-40)14-15-31)38-17-9-23(10-18-38)24-11-19-39(20-12-24)30(42)32(43,33(35,36)37)25-5-2-1-3-6-25/h1-3,5-8,21,23-24,43H,4,9-20,22H2/t32-/m1/s1. The molecule has 1 atom stereocenters. The van der Waals surface area contributed by atoms with Gasteiger partial charge in [0.1, 0.15) is 0 Å². The van der Waals surface area contributed by atoms with E-state index in [2.05, 4.69) is 4.90 Å². The maximum absolute atomic E-state index is 14.0. The minimum Gasteiger partial charge on any atom is -0.371 e. The molecular formula is C33H39ClF3N3O3. The highest BCUT2D eigenvalue weighted by Gasteiger charge is 2.62. The smallest absolute Gasteiger partial charge is 0.371 e. The molecule has 1 saturated carbocycles. The number of carbonyl (C=O) groups excluding carboxylic acids is 2. The van der Waals surface area contributed by atoms with E-state index >= 15 is 0 Å². The van der Waals surface area contributed by atoms with Crippen molar-refractivity contribution in [3.63, 3.8) is 0 Å². The van der Waals surface area contributed by atoms with E-state index in [1.165, 1.54) is 36.3 Å². The number of aliphatic hydroxyl groups is 1. The van der Waals surface area contributed by atoms with Crippen LogP contribution < -0.4 is 4.90 Å². The van der Waals surface area contributed by atoms with Gasteiger partial charge in [0, 0.05) is 50.5 Å². The fraction of sp³-hybridized carbons (Fsp3) is 0.576. The SMILES string of the molecule is O=C(c1ccc(N2CCC(C3CCN(C(=O)[C@](O)(c4ccccc4)C(F)(F)F)CC3)CC2)cc1Cl)N1CCCC2(CC2)C1. The summed E-state index contributed by atoms with van der Waals surface area (Å²) in [6.07, 6.45) is 2.66. The summed E-state index contributed by atoms with van der Waals surface area (Å²) < 4.78 is 42.0. The van der Waals surface area contributed by atoms with Gasteiger partial charge < -0.3 is 19.8 Å². The average molecular weight is 618 g/mol. The summed E-state index contributed by atoms with van der Waals surface area (Å²) >= 11 is 6.64. The summed E-state index contributed by atoms with van der Waals surface area (Å²) in [4.78, 5) is 31.7. The fourth-order valence-corrected chi connectivity index (χ4v) is 7.79. The van der Waals surface area contributed by atoms with Crippen molar-refractivity contribution >= 4 is 29.1 Å². The Kier molecular flexibility index (Phi) is 8.18. The van der Waals surface area contributed by atoms with Crippen LogP contribution in [-0.2, 0) is 10.4 Å². The molecule has 0 unspecified atom stereocenters. The molecule has 2 aromatic carbocycles. The summed E-state index contributed by atoms with van der Waals surface area (Å²) in [5.74, 6) is -0.562. The first kappa shape index (κ1) is 30.3. The second kappa shape index (κ2) is 11.6. The molecule has 6 rings (SSSR count). The summed E-state index contributed by atoms with van der Waals surface area (Å²) in [6, 6.07) is 12.3. The first-order chi connectivity index (χ1) is 20.5. The van der Waals surface area contributed by atoms with Gasteiger partial charge in [-0.05, 0) is 86.8 Å². The number of anilines is 1. The van der Waals surface area contributed by atoms with Crippen LogP contribution in [0.15, 0.2) is 48.5 Å². The Balaban J connectivity index is 1.02. The summed E-state index contributed by atoms with van der Waals surface area (Å²) in [5.41, 5.74) is -2.11. The highest BCUT2D eigenvalue weighted by atomic mass is 35.5. The lowest BCUT2D eigenvalue weighted by Gasteiger charge is -2.42. The zero-order chi connectivity index (χ0) is 30.4. The van der Waals surface area contributed by atoms with E-state index in [9.17, 15) is 27.9 Å². The fourth-order valence-electron chi connectivity index (χ4n) is 7.53. The van der Waals surface area contributed by atoms with Crippen LogP contribution in [0, 0.1) is 17.3 Å². The molecule has 0 aromatic heterocycles. The Morgan fingerprint density at radius 1 is 0.837 bits per heavy atom. The lowest BCUT2D eigenvalue weighted by Crippen LogP contribution is -2.57. The molecule has 1 N–H and O–H groups in total. The van der Waals surface area contributed by atoms with Crippen molar-refractivity contribution in [2.75, 3.05) is 44.2 Å². The quantitative estimate of drug-likeness (QED) is 0.430. The number of halogens is 4. The molecule has 0 radical (unpaired) electrons. The molecule has 4 fully saturated rings. The predicted octanol–water partition coefficient (Wildman–Crippen LogP) is 6.26. The maximum atomic E-state index is 14.0. The topological polar surface area (TPSA) is 64.1 Å². The second-order valence-corrected chi connectivity index (χ2v) is 13.4. The van der Waals surface area contributed by atoms with Crippen molar-refractivity contribution in [3.8, 4) is 0 Å². The Morgan fingerprint density at radius 3 is 2.05 bits per heavy atom. The van der Waals surface area contributed by atoms with Gasteiger partial charge in [-0.25, -0.2) is 0 Å².